The Morgan fingerprint density at radius 2 is 1.15 bits per heavy atom. The molecular weight excluding hydrogens is 532 g/mol. The lowest BCUT2D eigenvalue weighted by Crippen LogP contribution is -2.10. The molecule has 3 rings (SSSR count). The van der Waals surface area contributed by atoms with Crippen molar-refractivity contribution in [1.82, 2.24) is 0 Å². The third kappa shape index (κ3) is 5.79. The van der Waals surface area contributed by atoms with Crippen molar-refractivity contribution < 1.29 is 44.6 Å². The fourth-order valence-electron chi connectivity index (χ4n) is 3.31. The summed E-state index contributed by atoms with van der Waals surface area (Å²) in [5, 5.41) is 0. The van der Waals surface area contributed by atoms with E-state index in [1.165, 1.54) is 60.7 Å². The normalized spacial score (nSPS) is 11.5. The van der Waals surface area contributed by atoms with Gasteiger partial charge in [-0.2, -0.15) is 17.6 Å². The van der Waals surface area contributed by atoms with Crippen molar-refractivity contribution in [3.05, 3.63) is 132 Å². The summed E-state index contributed by atoms with van der Waals surface area (Å²) >= 11 is 0. The molecule has 3 aromatic rings. The van der Waals surface area contributed by atoms with Crippen LogP contribution in [0.5, 0.6) is 17.2 Å². The molecule has 0 saturated carbocycles. The Morgan fingerprint density at radius 3 is 1.59 bits per heavy atom. The van der Waals surface area contributed by atoms with Crippen LogP contribution in [-0.2, 0) is 0 Å². The number of benzene rings is 3. The summed E-state index contributed by atoms with van der Waals surface area (Å²) in [6.07, 6.45) is 8.40. The molecule has 0 aliphatic heterocycles. The molecular formula is C29H18F8O2. The molecule has 0 aliphatic carbocycles. The highest BCUT2D eigenvalue weighted by atomic mass is 19.2. The van der Waals surface area contributed by atoms with Crippen LogP contribution in [0.3, 0.4) is 0 Å². The van der Waals surface area contributed by atoms with Crippen LogP contribution in [0.1, 0.15) is 5.56 Å². The first kappa shape index (κ1) is 29.0. The van der Waals surface area contributed by atoms with E-state index in [4.69, 9.17) is 9.47 Å². The van der Waals surface area contributed by atoms with Crippen LogP contribution >= 0.6 is 0 Å². The smallest absolute Gasteiger partial charge is 0.205 e. The van der Waals surface area contributed by atoms with E-state index in [-0.39, 0.29) is 5.75 Å². The number of hydrogen-bond acceptors (Lipinski definition) is 2. The highest BCUT2D eigenvalue weighted by Crippen LogP contribution is 2.42. The number of hydrogen-bond donors (Lipinski definition) is 0. The van der Waals surface area contributed by atoms with Crippen molar-refractivity contribution in [3.63, 3.8) is 0 Å². The van der Waals surface area contributed by atoms with Crippen molar-refractivity contribution in [2.24, 2.45) is 0 Å². The Kier molecular flexibility index (Phi) is 9.13. The second-order valence-corrected chi connectivity index (χ2v) is 7.62. The zero-order chi connectivity index (χ0) is 28.9. The topological polar surface area (TPSA) is 18.5 Å². The number of ether oxygens (including phenoxy) is 2. The second kappa shape index (κ2) is 12.3. The fourth-order valence-corrected chi connectivity index (χ4v) is 3.31. The van der Waals surface area contributed by atoms with Crippen LogP contribution in [0.25, 0.3) is 17.2 Å². The molecule has 0 saturated heterocycles. The molecule has 0 unspecified atom stereocenters. The van der Waals surface area contributed by atoms with Crippen LogP contribution in [-0.4, -0.2) is 6.61 Å². The van der Waals surface area contributed by atoms with Gasteiger partial charge in [0.15, 0.2) is 29.0 Å². The number of rotatable bonds is 10. The Hall–Kier alpha value is -4.60. The first-order valence-corrected chi connectivity index (χ1v) is 10.9. The molecule has 0 N–H and O–H groups in total. The van der Waals surface area contributed by atoms with Crippen molar-refractivity contribution in [2.75, 3.05) is 6.61 Å². The predicted octanol–water partition coefficient (Wildman–Crippen LogP) is 9.14. The van der Waals surface area contributed by atoms with E-state index in [0.717, 1.165) is 0 Å². The molecule has 2 nitrogen and oxygen atoms in total. The molecule has 0 aliphatic rings. The van der Waals surface area contributed by atoms with Crippen LogP contribution in [0.2, 0.25) is 0 Å². The fraction of sp³-hybridized carbons (Fsp3) is 0.0345. The van der Waals surface area contributed by atoms with Crippen LogP contribution in [0, 0.1) is 46.5 Å². The van der Waals surface area contributed by atoms with Crippen molar-refractivity contribution in [3.8, 4) is 28.4 Å². The summed E-state index contributed by atoms with van der Waals surface area (Å²) in [6.45, 7) is 9.89. The van der Waals surface area contributed by atoms with Gasteiger partial charge in [-0.1, -0.05) is 62.2 Å². The minimum atomic E-state index is -2.36. The van der Waals surface area contributed by atoms with Gasteiger partial charge in [0.1, 0.15) is 12.4 Å². The van der Waals surface area contributed by atoms with Gasteiger partial charge in [-0.3, -0.25) is 0 Å². The quantitative estimate of drug-likeness (QED) is 0.142. The van der Waals surface area contributed by atoms with Gasteiger partial charge < -0.3 is 9.47 Å². The maximum absolute atomic E-state index is 14.8. The maximum Gasteiger partial charge on any atom is 0.205 e. The van der Waals surface area contributed by atoms with Gasteiger partial charge in [0.25, 0.3) is 0 Å². The lowest BCUT2D eigenvalue weighted by Gasteiger charge is -2.16. The molecule has 10 heteroatoms. The largest absolute Gasteiger partial charge is 0.483 e. The van der Waals surface area contributed by atoms with Gasteiger partial charge in [-0.25, -0.2) is 17.6 Å². The SMILES string of the molecule is C=C/C=C(C=C)\C=C/COc1c(F)c(F)c(-c2c(F)c(F)c(Oc3ccc(C=C)cc3)c(F)c2F)c(F)c1F. The highest BCUT2D eigenvalue weighted by molar-refractivity contribution is 5.69. The van der Waals surface area contributed by atoms with E-state index >= 15 is 0 Å². The van der Waals surface area contributed by atoms with E-state index in [2.05, 4.69) is 19.7 Å². The average molecular weight is 550 g/mol. The van der Waals surface area contributed by atoms with Gasteiger partial charge in [0, 0.05) is 0 Å². The molecule has 0 heterocycles. The molecule has 0 radical (unpaired) electrons. The molecule has 202 valence electrons. The van der Waals surface area contributed by atoms with E-state index in [9.17, 15) is 35.1 Å². The van der Waals surface area contributed by atoms with Gasteiger partial charge >= 0.3 is 0 Å². The summed E-state index contributed by atoms with van der Waals surface area (Å²) in [5.74, 6) is -21.6. The second-order valence-electron chi connectivity index (χ2n) is 7.62. The summed E-state index contributed by atoms with van der Waals surface area (Å²) < 4.78 is 128. The molecule has 0 fully saturated rings. The zero-order valence-corrected chi connectivity index (χ0v) is 19.9. The average Bonchev–Trinajstić information content (AvgIpc) is 2.94. The van der Waals surface area contributed by atoms with Gasteiger partial charge in [-0.05, 0) is 29.3 Å². The monoisotopic (exact) mass is 550 g/mol. The Labute approximate surface area is 218 Å². The first-order chi connectivity index (χ1) is 18.6. The van der Waals surface area contributed by atoms with Crippen LogP contribution in [0.15, 0.2) is 80.0 Å². The van der Waals surface area contributed by atoms with E-state index in [1.54, 1.807) is 0 Å². The van der Waals surface area contributed by atoms with E-state index < -0.39 is 75.8 Å². The lowest BCUT2D eigenvalue weighted by molar-refractivity contribution is 0.302. The predicted molar refractivity (Wildman–Crippen MR) is 131 cm³/mol. The highest BCUT2D eigenvalue weighted by Gasteiger charge is 2.35. The maximum atomic E-state index is 14.8. The molecule has 39 heavy (non-hydrogen) atoms. The number of allylic oxidation sites excluding steroid dienone is 5. The summed E-state index contributed by atoms with van der Waals surface area (Å²) in [5.41, 5.74) is -2.95. The van der Waals surface area contributed by atoms with Crippen LogP contribution < -0.4 is 9.47 Å². The molecule has 0 amide bonds. The van der Waals surface area contributed by atoms with Crippen molar-refractivity contribution in [2.45, 2.75) is 0 Å². The zero-order valence-electron chi connectivity index (χ0n) is 19.9. The van der Waals surface area contributed by atoms with Crippen LogP contribution in [0.4, 0.5) is 35.1 Å². The third-order valence-corrected chi connectivity index (χ3v) is 5.21. The molecule has 0 spiro atoms. The van der Waals surface area contributed by atoms with Crippen molar-refractivity contribution in [1.29, 1.82) is 0 Å². The minimum Gasteiger partial charge on any atom is -0.483 e. The van der Waals surface area contributed by atoms with Gasteiger partial charge in [0.2, 0.25) is 29.0 Å². The minimum absolute atomic E-state index is 0.254. The van der Waals surface area contributed by atoms with Gasteiger partial charge in [-0.15, -0.1) is 0 Å². The van der Waals surface area contributed by atoms with Gasteiger partial charge in [0.05, 0.1) is 11.1 Å². The third-order valence-electron chi connectivity index (χ3n) is 5.21. The summed E-state index contributed by atoms with van der Waals surface area (Å²) in [6, 6.07) is 5.22. The van der Waals surface area contributed by atoms with Crippen molar-refractivity contribution >= 4 is 6.08 Å². The van der Waals surface area contributed by atoms with E-state index in [0.29, 0.717) is 11.1 Å². The summed E-state index contributed by atoms with van der Waals surface area (Å²) in [7, 11) is 0. The number of halogens is 8. The molecule has 0 aromatic heterocycles. The standard InChI is InChI=1S/C29H18F8O2/c1-4-8-15(5-2)9-7-14-38-28-24(34)20(30)18(21(31)25(28)35)19-22(32)26(36)29(27(37)23(19)33)39-17-12-10-16(6-3)11-13-17/h4-13H,1-3,14H2/b9-7-,15-8-. The Bertz CT molecular complexity index is 1450. The molecule has 0 atom stereocenters. The Morgan fingerprint density at radius 1 is 0.667 bits per heavy atom. The van der Waals surface area contributed by atoms with E-state index in [1.807, 2.05) is 0 Å². The molecule has 3 aromatic carbocycles. The summed E-state index contributed by atoms with van der Waals surface area (Å²) in [4.78, 5) is 0. The molecule has 0 bridgehead atoms. The Balaban J connectivity index is 2.05. The first-order valence-electron chi connectivity index (χ1n) is 10.9. The lowest BCUT2D eigenvalue weighted by atomic mass is 10.0.